The summed E-state index contributed by atoms with van der Waals surface area (Å²) < 4.78 is 5.46. The minimum absolute atomic E-state index is 0.0410. The first-order valence-electron chi connectivity index (χ1n) is 6.25. The molecule has 0 bridgehead atoms. The molecule has 0 spiro atoms. The summed E-state index contributed by atoms with van der Waals surface area (Å²) in [6, 6.07) is 7.23. The van der Waals surface area contributed by atoms with Gasteiger partial charge in [-0.1, -0.05) is 12.1 Å². The zero-order chi connectivity index (χ0) is 13.5. The minimum Gasteiger partial charge on any atom is -0.493 e. The van der Waals surface area contributed by atoms with E-state index in [1.807, 2.05) is 32.9 Å². The molecule has 4 heteroatoms. The topological polar surface area (TPSA) is 49.8 Å². The van der Waals surface area contributed by atoms with E-state index in [0.29, 0.717) is 24.5 Å². The number of amides is 1. The lowest BCUT2D eigenvalue weighted by Gasteiger charge is -2.26. The Morgan fingerprint density at radius 2 is 2.06 bits per heavy atom. The molecule has 1 N–H and O–H groups in total. The number of hydrogen-bond acceptors (Lipinski definition) is 3. The number of para-hydroxylation sites is 1. The van der Waals surface area contributed by atoms with Gasteiger partial charge in [0.1, 0.15) is 5.75 Å². The molecule has 0 aliphatic rings. The van der Waals surface area contributed by atoms with Crippen LogP contribution in [0.5, 0.6) is 5.75 Å². The lowest BCUT2D eigenvalue weighted by Crippen LogP contribution is -2.39. The van der Waals surface area contributed by atoms with E-state index in [9.17, 15) is 4.79 Å². The van der Waals surface area contributed by atoms with Crippen LogP contribution >= 0.6 is 0 Å². The quantitative estimate of drug-likeness (QED) is 0.840. The lowest BCUT2D eigenvalue weighted by molar-refractivity contribution is 0.0661. The Kier molecular flexibility index (Phi) is 5.65. The molecular formula is C14H21NO3. The summed E-state index contributed by atoms with van der Waals surface area (Å²) in [5.74, 6) is 0.483. The summed E-state index contributed by atoms with van der Waals surface area (Å²) in [5, 5.41) is 9.03. The van der Waals surface area contributed by atoms with Crippen LogP contribution in [0.2, 0.25) is 0 Å². The van der Waals surface area contributed by atoms with E-state index in [-0.39, 0.29) is 18.6 Å². The van der Waals surface area contributed by atoms with Crippen molar-refractivity contribution < 1.29 is 14.6 Å². The van der Waals surface area contributed by atoms with Crippen molar-refractivity contribution >= 4 is 5.91 Å². The number of aliphatic hydroxyl groups is 1. The number of carbonyl (C=O) groups is 1. The minimum atomic E-state index is -0.108. The molecular weight excluding hydrogens is 230 g/mol. The molecule has 0 heterocycles. The van der Waals surface area contributed by atoms with Gasteiger partial charge < -0.3 is 14.7 Å². The van der Waals surface area contributed by atoms with Gasteiger partial charge in [-0.25, -0.2) is 0 Å². The van der Waals surface area contributed by atoms with Crippen molar-refractivity contribution in [3.63, 3.8) is 0 Å². The van der Waals surface area contributed by atoms with Gasteiger partial charge in [0, 0.05) is 12.6 Å². The van der Waals surface area contributed by atoms with Crippen LogP contribution in [0.15, 0.2) is 24.3 Å². The van der Waals surface area contributed by atoms with Gasteiger partial charge in [-0.15, -0.1) is 0 Å². The van der Waals surface area contributed by atoms with E-state index in [2.05, 4.69) is 0 Å². The Morgan fingerprint density at radius 1 is 1.39 bits per heavy atom. The highest BCUT2D eigenvalue weighted by Gasteiger charge is 2.21. The SMILES string of the molecule is CCOc1ccccc1C(=O)N(CCO)C(C)C. The van der Waals surface area contributed by atoms with Crippen LogP contribution in [0.4, 0.5) is 0 Å². The van der Waals surface area contributed by atoms with E-state index in [0.717, 1.165) is 0 Å². The van der Waals surface area contributed by atoms with Crippen LogP contribution in [-0.4, -0.2) is 41.7 Å². The second-order valence-corrected chi connectivity index (χ2v) is 4.25. The molecule has 1 aromatic rings. The molecule has 1 rings (SSSR count). The van der Waals surface area contributed by atoms with Crippen molar-refractivity contribution in [2.75, 3.05) is 19.8 Å². The normalized spacial score (nSPS) is 10.5. The van der Waals surface area contributed by atoms with E-state index >= 15 is 0 Å². The van der Waals surface area contributed by atoms with Gasteiger partial charge in [-0.2, -0.15) is 0 Å². The maximum atomic E-state index is 12.4. The van der Waals surface area contributed by atoms with Crippen LogP contribution in [0.1, 0.15) is 31.1 Å². The molecule has 0 aromatic heterocycles. The molecule has 0 unspecified atom stereocenters. The fourth-order valence-electron chi connectivity index (χ4n) is 1.78. The first-order chi connectivity index (χ1) is 8.61. The predicted octanol–water partition coefficient (Wildman–Crippen LogP) is 1.93. The zero-order valence-electron chi connectivity index (χ0n) is 11.2. The first kappa shape index (κ1) is 14.5. The number of nitrogens with zero attached hydrogens (tertiary/aromatic N) is 1. The van der Waals surface area contributed by atoms with Crippen LogP contribution in [-0.2, 0) is 0 Å². The van der Waals surface area contributed by atoms with Crippen molar-refractivity contribution in [3.05, 3.63) is 29.8 Å². The average molecular weight is 251 g/mol. The van der Waals surface area contributed by atoms with Gasteiger partial charge in [-0.3, -0.25) is 4.79 Å². The van der Waals surface area contributed by atoms with Crippen molar-refractivity contribution in [2.45, 2.75) is 26.8 Å². The van der Waals surface area contributed by atoms with E-state index in [4.69, 9.17) is 9.84 Å². The van der Waals surface area contributed by atoms with Crippen molar-refractivity contribution in [3.8, 4) is 5.75 Å². The zero-order valence-corrected chi connectivity index (χ0v) is 11.2. The largest absolute Gasteiger partial charge is 0.493 e. The van der Waals surface area contributed by atoms with E-state index < -0.39 is 0 Å². The summed E-state index contributed by atoms with van der Waals surface area (Å²) in [6.07, 6.45) is 0. The highest BCUT2D eigenvalue weighted by molar-refractivity contribution is 5.97. The summed E-state index contributed by atoms with van der Waals surface area (Å²) in [4.78, 5) is 14.0. The Morgan fingerprint density at radius 3 is 2.61 bits per heavy atom. The van der Waals surface area contributed by atoms with Gasteiger partial charge in [0.05, 0.1) is 18.8 Å². The Hall–Kier alpha value is -1.55. The number of rotatable bonds is 6. The fourth-order valence-corrected chi connectivity index (χ4v) is 1.78. The highest BCUT2D eigenvalue weighted by atomic mass is 16.5. The Labute approximate surface area is 108 Å². The molecule has 0 radical (unpaired) electrons. The third kappa shape index (κ3) is 3.47. The first-order valence-corrected chi connectivity index (χ1v) is 6.25. The summed E-state index contributed by atoms with van der Waals surface area (Å²) >= 11 is 0. The average Bonchev–Trinajstić information content (AvgIpc) is 2.36. The van der Waals surface area contributed by atoms with Crippen LogP contribution in [0.3, 0.4) is 0 Å². The Balaban J connectivity index is 3.00. The fraction of sp³-hybridized carbons (Fsp3) is 0.500. The summed E-state index contributed by atoms with van der Waals surface area (Å²) in [7, 11) is 0. The van der Waals surface area contributed by atoms with Gasteiger partial charge in [-0.05, 0) is 32.9 Å². The summed E-state index contributed by atoms with van der Waals surface area (Å²) in [5.41, 5.74) is 0.543. The number of carbonyl (C=O) groups excluding carboxylic acids is 1. The van der Waals surface area contributed by atoms with Gasteiger partial charge >= 0.3 is 0 Å². The molecule has 0 atom stereocenters. The number of ether oxygens (including phenoxy) is 1. The number of aliphatic hydroxyl groups excluding tert-OH is 1. The molecule has 18 heavy (non-hydrogen) atoms. The standard InChI is InChI=1S/C14H21NO3/c1-4-18-13-8-6-5-7-12(13)14(17)15(9-10-16)11(2)3/h5-8,11,16H,4,9-10H2,1-3H3. The number of hydrogen-bond donors (Lipinski definition) is 1. The molecule has 1 amide bonds. The highest BCUT2D eigenvalue weighted by Crippen LogP contribution is 2.20. The molecule has 4 nitrogen and oxygen atoms in total. The third-order valence-corrected chi connectivity index (χ3v) is 2.64. The van der Waals surface area contributed by atoms with Gasteiger partial charge in [0.15, 0.2) is 0 Å². The molecule has 1 aromatic carbocycles. The third-order valence-electron chi connectivity index (χ3n) is 2.64. The maximum Gasteiger partial charge on any atom is 0.257 e. The second kappa shape index (κ2) is 7.01. The van der Waals surface area contributed by atoms with Crippen LogP contribution < -0.4 is 4.74 Å². The summed E-state index contributed by atoms with van der Waals surface area (Å²) in [6.45, 7) is 6.55. The molecule has 0 aliphatic heterocycles. The smallest absolute Gasteiger partial charge is 0.257 e. The molecule has 0 fully saturated rings. The Bertz CT molecular complexity index is 390. The second-order valence-electron chi connectivity index (χ2n) is 4.25. The number of benzene rings is 1. The predicted molar refractivity (Wildman–Crippen MR) is 70.9 cm³/mol. The van der Waals surface area contributed by atoms with Crippen molar-refractivity contribution in [1.29, 1.82) is 0 Å². The van der Waals surface area contributed by atoms with Crippen LogP contribution in [0, 0.1) is 0 Å². The maximum absolute atomic E-state index is 12.4. The molecule has 0 aliphatic carbocycles. The molecule has 100 valence electrons. The van der Waals surface area contributed by atoms with Gasteiger partial charge in [0.2, 0.25) is 0 Å². The van der Waals surface area contributed by atoms with Crippen LogP contribution in [0.25, 0.3) is 0 Å². The lowest BCUT2D eigenvalue weighted by atomic mass is 10.1. The van der Waals surface area contributed by atoms with E-state index in [1.54, 1.807) is 17.0 Å². The monoisotopic (exact) mass is 251 g/mol. The molecule has 0 saturated carbocycles. The van der Waals surface area contributed by atoms with Crippen molar-refractivity contribution in [2.24, 2.45) is 0 Å². The molecule has 0 saturated heterocycles. The van der Waals surface area contributed by atoms with E-state index in [1.165, 1.54) is 0 Å². The van der Waals surface area contributed by atoms with Gasteiger partial charge in [0.25, 0.3) is 5.91 Å². The van der Waals surface area contributed by atoms with Crippen molar-refractivity contribution in [1.82, 2.24) is 4.90 Å².